The molecule has 0 bridgehead atoms. The smallest absolute Gasteiger partial charge is 0.278 e. The lowest BCUT2D eigenvalue weighted by molar-refractivity contribution is 0.429. The number of nitriles is 1. The zero-order chi connectivity index (χ0) is 16.7. The van der Waals surface area contributed by atoms with Crippen LogP contribution < -0.4 is 5.73 Å². The van der Waals surface area contributed by atoms with E-state index in [1.54, 1.807) is 12.3 Å². The first-order valence-corrected chi connectivity index (χ1v) is 7.03. The van der Waals surface area contributed by atoms with E-state index in [1.165, 1.54) is 6.33 Å². The van der Waals surface area contributed by atoms with Crippen LogP contribution in [0, 0.1) is 11.3 Å². The Morgan fingerprint density at radius 1 is 1.25 bits per heavy atom. The van der Waals surface area contributed by atoms with Crippen LogP contribution in [0.15, 0.2) is 29.2 Å². The van der Waals surface area contributed by atoms with Crippen molar-refractivity contribution in [1.29, 1.82) is 5.26 Å². The number of aromatic amines is 1. The molecule has 3 heterocycles. The molecule has 0 amide bonds. The highest BCUT2D eigenvalue weighted by Gasteiger charge is 2.20. The summed E-state index contributed by atoms with van der Waals surface area (Å²) in [5, 5.41) is 20.7. The molecular formula is C14H7ClN8O. The molecule has 3 N–H and O–H groups in total. The van der Waals surface area contributed by atoms with Crippen molar-refractivity contribution in [2.24, 2.45) is 0 Å². The van der Waals surface area contributed by atoms with Crippen molar-refractivity contribution < 1.29 is 4.52 Å². The highest BCUT2D eigenvalue weighted by Crippen LogP contribution is 2.33. The van der Waals surface area contributed by atoms with Gasteiger partial charge in [0.2, 0.25) is 0 Å². The van der Waals surface area contributed by atoms with Crippen molar-refractivity contribution in [3.8, 4) is 28.9 Å². The van der Waals surface area contributed by atoms with Gasteiger partial charge in [-0.1, -0.05) is 16.8 Å². The second kappa shape index (κ2) is 5.29. The molecule has 0 spiro atoms. The van der Waals surface area contributed by atoms with Gasteiger partial charge < -0.3 is 10.3 Å². The highest BCUT2D eigenvalue weighted by molar-refractivity contribution is 6.35. The van der Waals surface area contributed by atoms with Crippen LogP contribution in [0.25, 0.3) is 33.7 Å². The van der Waals surface area contributed by atoms with Crippen molar-refractivity contribution in [2.75, 3.05) is 5.73 Å². The van der Waals surface area contributed by atoms with Gasteiger partial charge in [-0.15, -0.1) is 0 Å². The first-order valence-electron chi connectivity index (χ1n) is 6.65. The van der Waals surface area contributed by atoms with Crippen LogP contribution in [0.3, 0.4) is 0 Å². The quantitative estimate of drug-likeness (QED) is 0.566. The summed E-state index contributed by atoms with van der Waals surface area (Å²) in [5.41, 5.74) is 7.70. The van der Waals surface area contributed by atoms with Crippen molar-refractivity contribution >= 4 is 28.3 Å². The minimum Gasteiger partial charge on any atom is -0.381 e. The van der Waals surface area contributed by atoms with Gasteiger partial charge in [0.15, 0.2) is 23.5 Å². The highest BCUT2D eigenvalue weighted by atomic mass is 35.5. The molecule has 116 valence electrons. The number of nitrogens with zero attached hydrogens (tertiary/aromatic N) is 6. The zero-order valence-electron chi connectivity index (χ0n) is 11.9. The van der Waals surface area contributed by atoms with Gasteiger partial charge >= 0.3 is 0 Å². The Bertz CT molecular complexity index is 1100. The predicted octanol–water partition coefficient (Wildman–Crippen LogP) is 2.18. The molecule has 0 aliphatic heterocycles. The fraction of sp³-hybridized carbons (Fsp3) is 0. The number of hydrogen-bond acceptors (Lipinski definition) is 8. The maximum atomic E-state index is 9.18. The zero-order valence-corrected chi connectivity index (χ0v) is 12.6. The van der Waals surface area contributed by atoms with E-state index in [2.05, 4.69) is 30.3 Å². The number of anilines is 1. The van der Waals surface area contributed by atoms with E-state index in [-0.39, 0.29) is 23.1 Å². The number of fused-ring (bicyclic) bond motifs is 1. The number of H-pyrrole nitrogens is 1. The van der Waals surface area contributed by atoms with Gasteiger partial charge in [-0.05, 0) is 12.1 Å². The maximum Gasteiger partial charge on any atom is 0.278 e. The van der Waals surface area contributed by atoms with Gasteiger partial charge in [-0.25, -0.2) is 9.97 Å². The van der Waals surface area contributed by atoms with Crippen LogP contribution in [-0.2, 0) is 0 Å². The lowest BCUT2D eigenvalue weighted by Gasteiger charge is -2.08. The molecule has 0 fully saturated rings. The van der Waals surface area contributed by atoms with Crippen LogP contribution in [0.1, 0.15) is 5.69 Å². The Kier molecular flexibility index (Phi) is 3.11. The molecule has 4 rings (SSSR count). The third-order valence-electron chi connectivity index (χ3n) is 3.37. The third kappa shape index (κ3) is 2.13. The van der Waals surface area contributed by atoms with Gasteiger partial charge in [0, 0.05) is 10.9 Å². The van der Waals surface area contributed by atoms with E-state index in [9.17, 15) is 5.26 Å². The lowest BCUT2D eigenvalue weighted by Crippen LogP contribution is -2.03. The molecular weight excluding hydrogens is 332 g/mol. The first-order chi connectivity index (χ1) is 11.7. The van der Waals surface area contributed by atoms with Crippen LogP contribution in [0.5, 0.6) is 0 Å². The Hall–Kier alpha value is -3.51. The fourth-order valence-electron chi connectivity index (χ4n) is 2.31. The second-order valence-electron chi connectivity index (χ2n) is 4.81. The Morgan fingerprint density at radius 3 is 2.88 bits per heavy atom. The SMILES string of the molecule is N#Cc1nc(-c2cc(Cl)c3[nH]ncc3c2)c(-c2ncno2)nc1N. The maximum absolute atomic E-state index is 9.18. The minimum atomic E-state index is -0.0232. The molecule has 0 radical (unpaired) electrons. The number of nitrogens with two attached hydrogens (primary N) is 1. The molecule has 0 saturated carbocycles. The summed E-state index contributed by atoms with van der Waals surface area (Å²) in [6.07, 6.45) is 2.87. The van der Waals surface area contributed by atoms with Gasteiger partial charge in [-0.3, -0.25) is 5.10 Å². The number of rotatable bonds is 2. The van der Waals surface area contributed by atoms with E-state index >= 15 is 0 Å². The van der Waals surface area contributed by atoms with E-state index in [0.717, 1.165) is 5.39 Å². The Morgan fingerprint density at radius 2 is 2.12 bits per heavy atom. The summed E-state index contributed by atoms with van der Waals surface area (Å²) >= 11 is 6.28. The normalized spacial score (nSPS) is 10.8. The predicted molar refractivity (Wildman–Crippen MR) is 84.5 cm³/mol. The molecule has 0 aliphatic rings. The fourth-order valence-corrected chi connectivity index (χ4v) is 2.58. The number of benzene rings is 1. The largest absolute Gasteiger partial charge is 0.381 e. The summed E-state index contributed by atoms with van der Waals surface area (Å²) in [6, 6.07) is 5.40. The molecule has 9 nitrogen and oxygen atoms in total. The van der Waals surface area contributed by atoms with Gasteiger partial charge in [0.25, 0.3) is 5.89 Å². The van der Waals surface area contributed by atoms with E-state index in [4.69, 9.17) is 21.9 Å². The van der Waals surface area contributed by atoms with Crippen LogP contribution in [0.4, 0.5) is 5.82 Å². The molecule has 4 aromatic rings. The molecule has 0 unspecified atom stereocenters. The third-order valence-corrected chi connectivity index (χ3v) is 3.66. The molecule has 0 aliphatic carbocycles. The molecule has 10 heteroatoms. The average molecular weight is 339 g/mol. The van der Waals surface area contributed by atoms with Crippen LogP contribution in [-0.4, -0.2) is 30.3 Å². The monoisotopic (exact) mass is 338 g/mol. The topological polar surface area (TPSA) is 143 Å². The number of halogens is 1. The summed E-state index contributed by atoms with van der Waals surface area (Å²) in [5.74, 6) is 0.113. The van der Waals surface area contributed by atoms with Crippen molar-refractivity contribution in [1.82, 2.24) is 30.3 Å². The summed E-state index contributed by atoms with van der Waals surface area (Å²) in [4.78, 5) is 12.4. The molecule has 0 atom stereocenters. The second-order valence-corrected chi connectivity index (χ2v) is 5.21. The van der Waals surface area contributed by atoms with Crippen molar-refractivity contribution in [3.05, 3.63) is 35.4 Å². The van der Waals surface area contributed by atoms with E-state index < -0.39 is 0 Å². The van der Waals surface area contributed by atoms with Crippen molar-refractivity contribution in [3.63, 3.8) is 0 Å². The van der Waals surface area contributed by atoms with Gasteiger partial charge in [0.1, 0.15) is 11.8 Å². The number of nitrogens with one attached hydrogen (secondary N) is 1. The minimum absolute atomic E-state index is 0.00308. The number of nitrogen functional groups attached to an aromatic ring is 1. The van der Waals surface area contributed by atoms with Crippen LogP contribution >= 0.6 is 11.6 Å². The van der Waals surface area contributed by atoms with Crippen molar-refractivity contribution in [2.45, 2.75) is 0 Å². The number of hydrogen-bond donors (Lipinski definition) is 2. The average Bonchev–Trinajstić information content (AvgIpc) is 3.26. The van der Waals surface area contributed by atoms with E-state index in [1.807, 2.05) is 12.1 Å². The van der Waals surface area contributed by atoms with Crippen LogP contribution in [0.2, 0.25) is 5.02 Å². The lowest BCUT2D eigenvalue weighted by atomic mass is 10.1. The molecule has 3 aromatic heterocycles. The molecule has 24 heavy (non-hydrogen) atoms. The van der Waals surface area contributed by atoms with Gasteiger partial charge in [0.05, 0.1) is 16.7 Å². The summed E-state index contributed by atoms with van der Waals surface area (Å²) in [7, 11) is 0. The standard InChI is InChI=1S/C14H7ClN8O/c15-8-2-6(1-7-4-19-23-10(7)8)11-12(14-18-5-20-24-14)22-13(17)9(3-16)21-11/h1-2,4-5H,(H2,17,22)(H,19,23). The number of aromatic nitrogens is 6. The van der Waals surface area contributed by atoms with E-state index in [0.29, 0.717) is 21.8 Å². The van der Waals surface area contributed by atoms with Gasteiger partial charge in [-0.2, -0.15) is 15.3 Å². The summed E-state index contributed by atoms with van der Waals surface area (Å²) in [6.45, 7) is 0. The molecule has 1 aromatic carbocycles. The summed E-state index contributed by atoms with van der Waals surface area (Å²) < 4.78 is 5.06. The molecule has 0 saturated heterocycles. The Labute approximate surface area is 139 Å². The Balaban J connectivity index is 2.03. The first kappa shape index (κ1) is 14.1.